The van der Waals surface area contributed by atoms with Crippen LogP contribution in [0.25, 0.3) is 12.2 Å². The van der Waals surface area contributed by atoms with Crippen LogP contribution in [0, 0.1) is 5.92 Å². The highest BCUT2D eigenvalue weighted by molar-refractivity contribution is 6.14. The number of Topliss-reactive ketones (excluding diaryl/α,β-unsaturated/α-hetero) is 1. The molecule has 156 valence electrons. The molecule has 1 saturated carbocycles. The summed E-state index contributed by atoms with van der Waals surface area (Å²) < 4.78 is 0. The molecule has 0 aliphatic heterocycles. The quantitative estimate of drug-likeness (QED) is 0.294. The van der Waals surface area contributed by atoms with Crippen molar-refractivity contribution in [2.24, 2.45) is 5.92 Å². The Bertz CT molecular complexity index is 986. The third-order valence-corrected chi connectivity index (χ3v) is 4.73. The number of rotatable bonds is 3. The number of phenols is 6. The molecule has 1 aliphatic carbocycles. The summed E-state index contributed by atoms with van der Waals surface area (Å²) >= 11 is 0. The molecule has 2 aromatic rings. The highest BCUT2D eigenvalue weighted by atomic mass is 16.4. The number of benzene rings is 2. The number of aromatic hydroxyl groups is 6. The molecule has 7 N–H and O–H groups in total. The van der Waals surface area contributed by atoms with Gasteiger partial charge in [0.1, 0.15) is 0 Å². The minimum Gasteiger partial charge on any atom is -0.504 e. The molecule has 2 aromatic carbocycles. The van der Waals surface area contributed by atoms with E-state index >= 15 is 0 Å². The Balaban J connectivity index is 2.06. The van der Waals surface area contributed by atoms with Gasteiger partial charge in [0.15, 0.2) is 40.3 Å². The van der Waals surface area contributed by atoms with Crippen LogP contribution in [0.1, 0.15) is 24.0 Å². The summed E-state index contributed by atoms with van der Waals surface area (Å²) in [7, 11) is 0. The number of hydrogen-bond donors (Lipinski definition) is 7. The topological polar surface area (TPSA) is 176 Å². The van der Waals surface area contributed by atoms with Gasteiger partial charge in [0.2, 0.25) is 0 Å². The van der Waals surface area contributed by atoms with Gasteiger partial charge in [-0.1, -0.05) is 0 Å². The monoisotopic (exact) mass is 414 g/mol. The third kappa shape index (κ3) is 4.00. The maximum absolute atomic E-state index is 12.9. The summed E-state index contributed by atoms with van der Waals surface area (Å²) in [5, 5.41) is 66.9. The molecule has 9 heteroatoms. The molecular formula is C21H18O9. The average Bonchev–Trinajstić information content (AvgIpc) is 2.66. The summed E-state index contributed by atoms with van der Waals surface area (Å²) in [5.74, 6) is -6.42. The first kappa shape index (κ1) is 20.6. The zero-order chi connectivity index (χ0) is 22.2. The number of allylic oxidation sites excluding steroid dienone is 2. The van der Waals surface area contributed by atoms with E-state index in [4.69, 9.17) is 0 Å². The number of carboxylic acids is 1. The Morgan fingerprint density at radius 2 is 1.07 bits per heavy atom. The van der Waals surface area contributed by atoms with Gasteiger partial charge in [0, 0.05) is 11.1 Å². The zero-order valence-corrected chi connectivity index (χ0v) is 15.4. The highest BCUT2D eigenvalue weighted by Crippen LogP contribution is 2.39. The molecule has 3 rings (SSSR count). The lowest BCUT2D eigenvalue weighted by Gasteiger charge is -2.23. The van der Waals surface area contributed by atoms with E-state index in [1.54, 1.807) is 0 Å². The van der Waals surface area contributed by atoms with Crippen LogP contribution in [0.4, 0.5) is 0 Å². The molecule has 0 spiro atoms. The Hall–Kier alpha value is -4.14. The Labute approximate surface area is 169 Å². The van der Waals surface area contributed by atoms with E-state index in [2.05, 4.69) is 0 Å². The number of aliphatic carboxylic acids is 1. The molecule has 1 unspecified atom stereocenters. The van der Waals surface area contributed by atoms with Gasteiger partial charge >= 0.3 is 5.97 Å². The molecule has 1 aliphatic rings. The van der Waals surface area contributed by atoms with Crippen LogP contribution in [0.3, 0.4) is 0 Å². The largest absolute Gasteiger partial charge is 0.504 e. The van der Waals surface area contributed by atoms with E-state index in [9.17, 15) is 45.3 Å². The molecule has 1 fully saturated rings. The number of phenolic OH excluding ortho intramolecular Hbond substituents is 6. The standard InChI is InChI=1S/C21H18O9/c22-14-3-9(4-15(23)19(14)27)1-11-7-13(21(29)30)8-12(18(11)26)2-10-5-16(24)20(28)17(25)6-10/h1-6,13,22-25,27-28H,7-8H2,(H,29,30)/b11-1-,12-2+. The Morgan fingerprint density at radius 1 is 0.733 bits per heavy atom. The molecule has 9 nitrogen and oxygen atoms in total. The van der Waals surface area contributed by atoms with Crippen LogP contribution in [0.15, 0.2) is 35.4 Å². The fourth-order valence-corrected chi connectivity index (χ4v) is 3.24. The molecule has 0 saturated heterocycles. The molecule has 0 bridgehead atoms. The van der Waals surface area contributed by atoms with E-state index in [0.29, 0.717) is 0 Å². The van der Waals surface area contributed by atoms with Crippen molar-refractivity contribution in [1.29, 1.82) is 0 Å². The van der Waals surface area contributed by atoms with Gasteiger partial charge in [0.05, 0.1) is 5.92 Å². The van der Waals surface area contributed by atoms with Crippen LogP contribution >= 0.6 is 0 Å². The van der Waals surface area contributed by atoms with Crippen LogP contribution in [0.2, 0.25) is 0 Å². The molecule has 1 atom stereocenters. The Kier molecular flexibility index (Phi) is 5.29. The van der Waals surface area contributed by atoms with Gasteiger partial charge in [0.25, 0.3) is 0 Å². The number of hydrogen-bond acceptors (Lipinski definition) is 8. The predicted molar refractivity (Wildman–Crippen MR) is 104 cm³/mol. The summed E-state index contributed by atoms with van der Waals surface area (Å²) in [6, 6.07) is 4.44. The summed E-state index contributed by atoms with van der Waals surface area (Å²) in [5.41, 5.74) is 0.543. The fourth-order valence-electron chi connectivity index (χ4n) is 3.24. The number of ketones is 1. The van der Waals surface area contributed by atoms with Crippen LogP contribution < -0.4 is 0 Å². The Morgan fingerprint density at radius 3 is 1.37 bits per heavy atom. The number of carboxylic acid groups (broad SMARTS) is 1. The normalized spacial score (nSPS) is 19.3. The van der Waals surface area contributed by atoms with E-state index < -0.39 is 52.2 Å². The van der Waals surface area contributed by atoms with E-state index in [-0.39, 0.29) is 35.1 Å². The molecule has 30 heavy (non-hydrogen) atoms. The first-order valence-corrected chi connectivity index (χ1v) is 8.75. The molecular weight excluding hydrogens is 396 g/mol. The minimum atomic E-state index is -1.13. The second-order valence-electron chi connectivity index (χ2n) is 6.93. The van der Waals surface area contributed by atoms with E-state index in [1.165, 1.54) is 12.2 Å². The molecule has 0 aromatic heterocycles. The van der Waals surface area contributed by atoms with E-state index in [0.717, 1.165) is 24.3 Å². The second-order valence-corrected chi connectivity index (χ2v) is 6.93. The maximum Gasteiger partial charge on any atom is 0.307 e. The smallest absolute Gasteiger partial charge is 0.307 e. The average molecular weight is 414 g/mol. The van der Waals surface area contributed by atoms with Crippen LogP contribution in [-0.2, 0) is 9.59 Å². The van der Waals surface area contributed by atoms with Crippen molar-refractivity contribution in [2.45, 2.75) is 12.8 Å². The fraction of sp³-hybridized carbons (Fsp3) is 0.143. The van der Waals surface area contributed by atoms with E-state index in [1.807, 2.05) is 0 Å². The number of carbonyl (C=O) groups is 2. The van der Waals surface area contributed by atoms with Crippen molar-refractivity contribution in [2.75, 3.05) is 0 Å². The van der Waals surface area contributed by atoms with Gasteiger partial charge in [-0.15, -0.1) is 0 Å². The van der Waals surface area contributed by atoms with Gasteiger partial charge in [-0.05, 0) is 60.4 Å². The zero-order valence-electron chi connectivity index (χ0n) is 15.4. The van der Waals surface area contributed by atoms with Gasteiger partial charge in [-0.25, -0.2) is 0 Å². The molecule has 0 heterocycles. The lowest BCUT2D eigenvalue weighted by atomic mass is 9.80. The predicted octanol–water partition coefficient (Wildman–Crippen LogP) is 2.45. The number of carbonyl (C=O) groups excluding carboxylic acids is 1. The highest BCUT2D eigenvalue weighted by Gasteiger charge is 2.32. The molecule has 0 radical (unpaired) electrons. The van der Waals surface area contributed by atoms with Gasteiger partial charge in [-0.3, -0.25) is 9.59 Å². The summed E-state index contributed by atoms with van der Waals surface area (Å²) in [6.07, 6.45) is 2.41. The van der Waals surface area contributed by atoms with Crippen molar-refractivity contribution < 1.29 is 45.3 Å². The van der Waals surface area contributed by atoms with Crippen molar-refractivity contribution >= 4 is 23.9 Å². The van der Waals surface area contributed by atoms with Gasteiger partial charge < -0.3 is 35.7 Å². The van der Waals surface area contributed by atoms with Crippen LogP contribution in [-0.4, -0.2) is 47.5 Å². The minimum absolute atomic E-state index is 0.0941. The summed E-state index contributed by atoms with van der Waals surface area (Å²) in [4.78, 5) is 24.5. The lowest BCUT2D eigenvalue weighted by Crippen LogP contribution is -2.25. The third-order valence-electron chi connectivity index (χ3n) is 4.73. The van der Waals surface area contributed by atoms with Crippen molar-refractivity contribution in [1.82, 2.24) is 0 Å². The lowest BCUT2D eigenvalue weighted by molar-refractivity contribution is -0.142. The first-order chi connectivity index (χ1) is 14.1. The van der Waals surface area contributed by atoms with Crippen molar-refractivity contribution in [3.8, 4) is 34.5 Å². The SMILES string of the molecule is O=C1/C(=C\c2cc(O)c(O)c(O)c2)CC(C(=O)O)C/C1=C\c1cc(O)c(O)c(O)c1. The summed E-state index contributed by atoms with van der Waals surface area (Å²) in [6.45, 7) is 0. The maximum atomic E-state index is 12.9. The van der Waals surface area contributed by atoms with Crippen molar-refractivity contribution in [3.63, 3.8) is 0 Å². The van der Waals surface area contributed by atoms with Gasteiger partial charge in [-0.2, -0.15) is 0 Å². The van der Waals surface area contributed by atoms with Crippen LogP contribution in [0.5, 0.6) is 34.5 Å². The van der Waals surface area contributed by atoms with Crippen molar-refractivity contribution in [3.05, 3.63) is 46.5 Å². The first-order valence-electron chi connectivity index (χ1n) is 8.75. The second kappa shape index (κ2) is 7.70. The molecule has 0 amide bonds.